The Kier molecular flexibility index (Phi) is 6.24. The molecule has 3 rings (SSSR count). The third kappa shape index (κ3) is 4.14. The number of methoxy groups -OCH3 is 1. The fraction of sp³-hybridized carbons (Fsp3) is 0.429. The molecule has 0 radical (unpaired) electrons. The Labute approximate surface area is 169 Å². The molecular formula is C21H27N3O3S. The molecule has 0 unspecified atom stereocenters. The number of hydrogen-bond acceptors (Lipinski definition) is 5. The van der Waals surface area contributed by atoms with Crippen LogP contribution in [0.5, 0.6) is 11.5 Å². The quantitative estimate of drug-likeness (QED) is 0.523. The van der Waals surface area contributed by atoms with Crippen molar-refractivity contribution < 1.29 is 14.3 Å². The van der Waals surface area contributed by atoms with Gasteiger partial charge >= 0.3 is 0 Å². The molecule has 7 heteroatoms. The van der Waals surface area contributed by atoms with Gasteiger partial charge in [0.2, 0.25) is 0 Å². The number of amides is 1. The molecule has 0 spiro atoms. The molecule has 1 aromatic carbocycles. The van der Waals surface area contributed by atoms with E-state index in [4.69, 9.17) is 9.47 Å². The number of hydrogen-bond donors (Lipinski definition) is 0. The third-order valence-corrected chi connectivity index (χ3v) is 5.54. The number of aromatic nitrogens is 2. The number of ether oxygens (including phenoxy) is 2. The molecule has 0 N–H and O–H groups in total. The normalized spacial score (nSPS) is 11.0. The fourth-order valence-corrected chi connectivity index (χ4v) is 3.95. The highest BCUT2D eigenvalue weighted by molar-refractivity contribution is 7.17. The van der Waals surface area contributed by atoms with Gasteiger partial charge in [0.05, 0.1) is 31.6 Å². The molecule has 0 saturated heterocycles. The standard InChI is InChI=1S/C21H27N3O3S/c1-6-7-10-27-18-9-8-16(11-19(18)26-5)20(25)23(4)13-17-15(3)22-21-24(17)12-14(2)28-21/h8-9,11-12H,6-7,10,13H2,1-5H3. The molecule has 0 aliphatic heterocycles. The minimum Gasteiger partial charge on any atom is -0.493 e. The maximum atomic E-state index is 13.0. The van der Waals surface area contributed by atoms with E-state index in [1.807, 2.05) is 6.92 Å². The van der Waals surface area contributed by atoms with Crippen LogP contribution in [-0.2, 0) is 6.54 Å². The first kappa shape index (κ1) is 20.2. The number of imidazole rings is 1. The number of aryl methyl sites for hydroxylation is 2. The smallest absolute Gasteiger partial charge is 0.254 e. The van der Waals surface area contributed by atoms with Crippen LogP contribution in [0.15, 0.2) is 24.4 Å². The van der Waals surface area contributed by atoms with Crippen LogP contribution in [0.3, 0.4) is 0 Å². The van der Waals surface area contributed by atoms with Gasteiger partial charge in [0.25, 0.3) is 5.91 Å². The predicted octanol–water partition coefficient (Wildman–Crippen LogP) is 4.47. The third-order valence-electron chi connectivity index (χ3n) is 4.64. The number of fused-ring (bicyclic) bond motifs is 1. The zero-order chi connectivity index (χ0) is 20.3. The molecule has 150 valence electrons. The van der Waals surface area contributed by atoms with Crippen LogP contribution in [0.2, 0.25) is 0 Å². The number of nitrogens with zero attached hydrogens (tertiary/aromatic N) is 3. The predicted molar refractivity (Wildman–Crippen MR) is 112 cm³/mol. The van der Waals surface area contributed by atoms with Crippen molar-refractivity contribution in [2.45, 2.75) is 40.2 Å². The molecule has 2 heterocycles. The number of thiazole rings is 1. The molecule has 6 nitrogen and oxygen atoms in total. The Morgan fingerprint density at radius 2 is 2.07 bits per heavy atom. The van der Waals surface area contributed by atoms with Crippen LogP contribution in [0.25, 0.3) is 4.96 Å². The lowest BCUT2D eigenvalue weighted by atomic mass is 10.1. The summed E-state index contributed by atoms with van der Waals surface area (Å²) in [5.41, 5.74) is 2.55. The molecule has 0 bridgehead atoms. The summed E-state index contributed by atoms with van der Waals surface area (Å²) in [5, 5.41) is 0. The molecule has 0 fully saturated rings. The second-order valence-corrected chi connectivity index (χ2v) is 8.08. The van der Waals surface area contributed by atoms with Gasteiger partial charge in [-0.2, -0.15) is 0 Å². The molecule has 0 saturated carbocycles. The Balaban J connectivity index is 1.77. The van der Waals surface area contributed by atoms with Gasteiger partial charge in [-0.15, -0.1) is 11.3 Å². The fourth-order valence-electron chi connectivity index (χ4n) is 3.06. The summed E-state index contributed by atoms with van der Waals surface area (Å²) in [6, 6.07) is 5.34. The lowest BCUT2D eigenvalue weighted by Gasteiger charge is -2.18. The van der Waals surface area contributed by atoms with Gasteiger partial charge in [0.15, 0.2) is 16.5 Å². The van der Waals surface area contributed by atoms with Crippen LogP contribution < -0.4 is 9.47 Å². The minimum atomic E-state index is -0.0697. The Hall–Kier alpha value is -2.54. The van der Waals surface area contributed by atoms with E-state index in [0.29, 0.717) is 30.2 Å². The van der Waals surface area contributed by atoms with E-state index in [1.54, 1.807) is 48.6 Å². The highest BCUT2D eigenvalue weighted by atomic mass is 32.1. The van der Waals surface area contributed by atoms with Gasteiger partial charge in [-0.05, 0) is 38.5 Å². The van der Waals surface area contributed by atoms with E-state index in [-0.39, 0.29) is 5.91 Å². The van der Waals surface area contributed by atoms with E-state index in [1.165, 1.54) is 4.88 Å². The monoisotopic (exact) mass is 401 g/mol. The molecule has 3 aromatic rings. The summed E-state index contributed by atoms with van der Waals surface area (Å²) in [6.45, 7) is 7.28. The first-order chi connectivity index (χ1) is 13.4. The van der Waals surface area contributed by atoms with Crippen molar-refractivity contribution in [2.75, 3.05) is 20.8 Å². The van der Waals surface area contributed by atoms with Gasteiger partial charge in [-0.3, -0.25) is 9.20 Å². The molecule has 0 aliphatic rings. The van der Waals surface area contributed by atoms with Crippen LogP contribution in [0.4, 0.5) is 0 Å². The van der Waals surface area contributed by atoms with Crippen molar-refractivity contribution in [1.29, 1.82) is 0 Å². The maximum absolute atomic E-state index is 13.0. The van der Waals surface area contributed by atoms with Crippen molar-refractivity contribution in [3.63, 3.8) is 0 Å². The van der Waals surface area contributed by atoms with Crippen molar-refractivity contribution in [3.05, 3.63) is 46.2 Å². The van der Waals surface area contributed by atoms with Gasteiger partial charge < -0.3 is 14.4 Å². The SMILES string of the molecule is CCCCOc1ccc(C(=O)N(C)Cc2c(C)nc3sc(C)cn23)cc1OC. The van der Waals surface area contributed by atoms with E-state index in [0.717, 1.165) is 29.2 Å². The molecule has 0 aliphatic carbocycles. The summed E-state index contributed by atoms with van der Waals surface area (Å²) in [7, 11) is 3.39. The highest BCUT2D eigenvalue weighted by Crippen LogP contribution is 2.29. The molecule has 1 amide bonds. The zero-order valence-electron chi connectivity index (χ0n) is 17.1. The topological polar surface area (TPSA) is 56.1 Å². The average Bonchev–Trinajstić information content (AvgIpc) is 3.17. The van der Waals surface area contributed by atoms with Gasteiger partial charge in [0, 0.05) is 23.7 Å². The van der Waals surface area contributed by atoms with Crippen molar-refractivity contribution in [2.24, 2.45) is 0 Å². The Morgan fingerprint density at radius 3 is 2.79 bits per heavy atom. The minimum absolute atomic E-state index is 0.0697. The Bertz CT molecular complexity index is 977. The highest BCUT2D eigenvalue weighted by Gasteiger charge is 2.19. The number of unbranched alkanes of at least 4 members (excludes halogenated alkanes) is 1. The average molecular weight is 402 g/mol. The van der Waals surface area contributed by atoms with Gasteiger partial charge in [0.1, 0.15) is 0 Å². The number of carbonyl (C=O) groups excluding carboxylic acids is 1. The van der Waals surface area contributed by atoms with Crippen LogP contribution in [0.1, 0.15) is 46.4 Å². The number of benzene rings is 1. The first-order valence-corrected chi connectivity index (χ1v) is 10.3. The summed E-state index contributed by atoms with van der Waals surface area (Å²) in [6.07, 6.45) is 4.11. The van der Waals surface area contributed by atoms with Crippen LogP contribution >= 0.6 is 11.3 Å². The largest absolute Gasteiger partial charge is 0.493 e. The summed E-state index contributed by atoms with van der Waals surface area (Å²) in [4.78, 5) is 21.4. The molecule has 28 heavy (non-hydrogen) atoms. The first-order valence-electron chi connectivity index (χ1n) is 9.44. The second-order valence-electron chi connectivity index (χ2n) is 6.87. The lowest BCUT2D eigenvalue weighted by Crippen LogP contribution is -2.27. The Morgan fingerprint density at radius 1 is 1.29 bits per heavy atom. The van der Waals surface area contributed by atoms with Crippen molar-refractivity contribution >= 4 is 22.2 Å². The molecule has 2 aromatic heterocycles. The summed E-state index contributed by atoms with van der Waals surface area (Å²) in [5.74, 6) is 1.17. The zero-order valence-corrected chi connectivity index (χ0v) is 17.9. The van der Waals surface area contributed by atoms with Gasteiger partial charge in [-0.25, -0.2) is 4.98 Å². The van der Waals surface area contributed by atoms with Gasteiger partial charge in [-0.1, -0.05) is 13.3 Å². The van der Waals surface area contributed by atoms with E-state index < -0.39 is 0 Å². The second kappa shape index (κ2) is 8.65. The number of carbonyl (C=O) groups is 1. The maximum Gasteiger partial charge on any atom is 0.254 e. The summed E-state index contributed by atoms with van der Waals surface area (Å²) >= 11 is 1.65. The number of rotatable bonds is 8. The molecular weight excluding hydrogens is 374 g/mol. The van der Waals surface area contributed by atoms with E-state index in [9.17, 15) is 4.79 Å². The van der Waals surface area contributed by atoms with E-state index >= 15 is 0 Å². The van der Waals surface area contributed by atoms with Crippen LogP contribution in [-0.4, -0.2) is 41.0 Å². The summed E-state index contributed by atoms with van der Waals surface area (Å²) < 4.78 is 13.3. The molecule has 0 atom stereocenters. The lowest BCUT2D eigenvalue weighted by molar-refractivity contribution is 0.0782. The van der Waals surface area contributed by atoms with Crippen LogP contribution in [0, 0.1) is 13.8 Å². The van der Waals surface area contributed by atoms with E-state index in [2.05, 4.69) is 29.4 Å². The van der Waals surface area contributed by atoms with Crippen molar-refractivity contribution in [1.82, 2.24) is 14.3 Å². The van der Waals surface area contributed by atoms with Crippen molar-refractivity contribution in [3.8, 4) is 11.5 Å².